The first kappa shape index (κ1) is 15.7. The lowest BCUT2D eigenvalue weighted by atomic mass is 9.89. The van der Waals surface area contributed by atoms with Crippen molar-refractivity contribution >= 4 is 42.8 Å². The van der Waals surface area contributed by atoms with E-state index in [9.17, 15) is 5.11 Å². The topological polar surface area (TPSA) is 19.9 Å². The summed E-state index contributed by atoms with van der Waals surface area (Å²) in [6.45, 7) is 10.7. The Kier molecular flexibility index (Phi) is 3.48. The minimum Gasteiger partial charge on any atom is -0.287 e. The molecule has 0 saturated carbocycles. The summed E-state index contributed by atoms with van der Waals surface area (Å²) in [6, 6.07) is 8.84. The van der Waals surface area contributed by atoms with Crippen molar-refractivity contribution in [3.05, 3.63) is 50.7 Å². The van der Waals surface area contributed by atoms with Crippen LogP contribution in [0.1, 0.15) is 26.4 Å². The predicted octanol–water partition coefficient (Wildman–Crippen LogP) is 7.47. The van der Waals surface area contributed by atoms with Crippen LogP contribution in [0, 0.1) is 34.6 Å². The zero-order valence-electron chi connectivity index (χ0n) is 14.5. The van der Waals surface area contributed by atoms with Gasteiger partial charge in [-0.15, -0.1) is 22.7 Å². The summed E-state index contributed by atoms with van der Waals surface area (Å²) in [4.78, 5) is 2.39. The molecule has 2 aromatic carbocycles. The molecular weight excluding hydrogens is 332 g/mol. The van der Waals surface area contributed by atoms with Gasteiger partial charge >= 0.3 is 0 Å². The third kappa shape index (κ3) is 2.19. The molecule has 0 saturated heterocycles. The molecule has 0 unspecified atom stereocenters. The first-order chi connectivity index (χ1) is 11.4. The molecule has 0 amide bonds. The molecule has 1 radical (unpaired) electrons. The molecule has 0 N–H and O–H groups in total. The van der Waals surface area contributed by atoms with Gasteiger partial charge < -0.3 is 0 Å². The number of hydrogen-bond donors (Lipinski definition) is 0. The molecule has 0 atom stereocenters. The number of aryl methyl sites for hydroxylation is 5. The molecule has 0 aliphatic heterocycles. The van der Waals surface area contributed by atoms with Gasteiger partial charge in [-0.1, -0.05) is 17.7 Å². The van der Waals surface area contributed by atoms with E-state index in [1.807, 2.05) is 0 Å². The number of thiophene rings is 2. The molecular formula is C21H19OS2. The van der Waals surface area contributed by atoms with Gasteiger partial charge in [-0.25, -0.2) is 0 Å². The van der Waals surface area contributed by atoms with Crippen LogP contribution in [-0.4, -0.2) is 0 Å². The average Bonchev–Trinajstić information content (AvgIpc) is 3.04. The second kappa shape index (κ2) is 5.33. The molecule has 0 spiro atoms. The lowest BCUT2D eigenvalue weighted by Crippen LogP contribution is -1.91. The van der Waals surface area contributed by atoms with Crippen molar-refractivity contribution in [2.45, 2.75) is 34.6 Å². The van der Waals surface area contributed by atoms with E-state index in [0.29, 0.717) is 0 Å². The Bertz CT molecular complexity index is 1030. The SMILES string of the molecule is Cc1cc(C)c(-c2c3cc(C)sc3c([O])c3sc(C)cc23)c(C)c1. The van der Waals surface area contributed by atoms with Crippen LogP contribution < -0.4 is 0 Å². The van der Waals surface area contributed by atoms with Gasteiger partial charge in [0.1, 0.15) is 0 Å². The molecule has 2 aromatic heterocycles. The fourth-order valence-corrected chi connectivity index (χ4v) is 5.82. The highest BCUT2D eigenvalue weighted by atomic mass is 32.1. The molecule has 0 bridgehead atoms. The molecule has 4 aromatic rings. The molecule has 4 rings (SSSR count). The smallest absolute Gasteiger partial charge is 0.214 e. The van der Waals surface area contributed by atoms with E-state index in [1.54, 1.807) is 22.7 Å². The van der Waals surface area contributed by atoms with Gasteiger partial charge in [-0.2, -0.15) is 0 Å². The second-order valence-electron chi connectivity index (χ2n) is 6.68. The summed E-state index contributed by atoms with van der Waals surface area (Å²) in [7, 11) is 0. The van der Waals surface area contributed by atoms with E-state index in [0.717, 1.165) is 20.2 Å². The summed E-state index contributed by atoms with van der Waals surface area (Å²) in [5, 5.41) is 15.2. The molecule has 1 nitrogen and oxygen atoms in total. The van der Waals surface area contributed by atoms with E-state index >= 15 is 0 Å². The van der Waals surface area contributed by atoms with Crippen molar-refractivity contribution in [3.8, 4) is 16.9 Å². The summed E-state index contributed by atoms with van der Waals surface area (Å²) in [5.74, 6) is 0.197. The van der Waals surface area contributed by atoms with Crippen LogP contribution in [-0.2, 0) is 5.11 Å². The maximum atomic E-state index is 12.9. The highest BCUT2D eigenvalue weighted by Gasteiger charge is 2.22. The predicted molar refractivity (Wildman–Crippen MR) is 106 cm³/mol. The number of benzene rings is 2. The Balaban J connectivity index is 2.27. The van der Waals surface area contributed by atoms with E-state index < -0.39 is 0 Å². The Morgan fingerprint density at radius 2 is 1.12 bits per heavy atom. The maximum Gasteiger partial charge on any atom is 0.214 e. The first-order valence-electron chi connectivity index (χ1n) is 8.08. The number of fused-ring (bicyclic) bond motifs is 2. The fraction of sp³-hybridized carbons (Fsp3) is 0.238. The van der Waals surface area contributed by atoms with Gasteiger partial charge in [0, 0.05) is 20.5 Å². The Morgan fingerprint density at radius 3 is 1.58 bits per heavy atom. The third-order valence-electron chi connectivity index (χ3n) is 4.59. The maximum absolute atomic E-state index is 12.9. The van der Waals surface area contributed by atoms with Crippen molar-refractivity contribution in [1.82, 2.24) is 0 Å². The zero-order valence-corrected chi connectivity index (χ0v) is 16.2. The van der Waals surface area contributed by atoms with Gasteiger partial charge in [0.15, 0.2) is 0 Å². The zero-order chi connectivity index (χ0) is 17.2. The van der Waals surface area contributed by atoms with Crippen LogP contribution in [0.15, 0.2) is 24.3 Å². The van der Waals surface area contributed by atoms with Gasteiger partial charge in [0.25, 0.3) is 0 Å². The normalized spacial score (nSPS) is 11.7. The van der Waals surface area contributed by atoms with Crippen molar-refractivity contribution in [3.63, 3.8) is 0 Å². The minimum atomic E-state index is 0.197. The van der Waals surface area contributed by atoms with Gasteiger partial charge in [-0.3, -0.25) is 5.11 Å². The van der Waals surface area contributed by atoms with Crippen molar-refractivity contribution in [2.75, 3.05) is 0 Å². The summed E-state index contributed by atoms with van der Waals surface area (Å²) < 4.78 is 1.80. The van der Waals surface area contributed by atoms with Crippen molar-refractivity contribution < 1.29 is 5.11 Å². The molecule has 24 heavy (non-hydrogen) atoms. The van der Waals surface area contributed by atoms with E-state index in [-0.39, 0.29) is 5.75 Å². The molecule has 0 aliphatic rings. The van der Waals surface area contributed by atoms with Crippen LogP contribution in [0.3, 0.4) is 0 Å². The molecule has 121 valence electrons. The molecule has 0 aliphatic carbocycles. The van der Waals surface area contributed by atoms with Crippen LogP contribution >= 0.6 is 22.7 Å². The quantitative estimate of drug-likeness (QED) is 0.339. The van der Waals surface area contributed by atoms with Crippen LogP contribution in [0.4, 0.5) is 0 Å². The van der Waals surface area contributed by atoms with E-state index in [2.05, 4.69) is 58.9 Å². The second-order valence-corrected chi connectivity index (χ2v) is 9.19. The lowest BCUT2D eigenvalue weighted by molar-refractivity contribution is 0.367. The van der Waals surface area contributed by atoms with Gasteiger partial charge in [-0.05, 0) is 69.0 Å². The van der Waals surface area contributed by atoms with Crippen LogP contribution in [0.2, 0.25) is 0 Å². The van der Waals surface area contributed by atoms with Crippen molar-refractivity contribution in [2.24, 2.45) is 0 Å². The molecule has 0 fully saturated rings. The minimum absolute atomic E-state index is 0.197. The monoisotopic (exact) mass is 351 g/mol. The van der Waals surface area contributed by atoms with Gasteiger partial charge in [0.05, 0.1) is 9.40 Å². The van der Waals surface area contributed by atoms with E-state index in [1.165, 1.54) is 37.6 Å². The highest BCUT2D eigenvalue weighted by Crippen LogP contribution is 2.50. The highest BCUT2D eigenvalue weighted by molar-refractivity contribution is 7.22. The summed E-state index contributed by atoms with van der Waals surface area (Å²) in [5.41, 5.74) is 6.36. The molecule has 2 heterocycles. The Morgan fingerprint density at radius 1 is 0.667 bits per heavy atom. The standard InChI is InChI=1S/C21H19OS2/c1-10-6-11(2)17(12(3)7-10)18-15-8-13(4)23-20(15)19(22)21-16(18)9-14(5)24-21/h6-9H,1-5H3. The average molecular weight is 352 g/mol. The fourth-order valence-electron chi connectivity index (χ4n) is 3.83. The molecule has 3 heteroatoms. The number of rotatable bonds is 1. The lowest BCUT2D eigenvalue weighted by Gasteiger charge is -2.14. The first-order valence-corrected chi connectivity index (χ1v) is 9.71. The van der Waals surface area contributed by atoms with E-state index in [4.69, 9.17) is 0 Å². The van der Waals surface area contributed by atoms with Gasteiger partial charge in [0.2, 0.25) is 5.75 Å². The number of hydrogen-bond acceptors (Lipinski definition) is 2. The van der Waals surface area contributed by atoms with Crippen LogP contribution in [0.5, 0.6) is 5.75 Å². The largest absolute Gasteiger partial charge is 0.287 e. The summed E-state index contributed by atoms with van der Waals surface area (Å²) >= 11 is 3.24. The Labute approximate surface area is 150 Å². The van der Waals surface area contributed by atoms with Crippen LogP contribution in [0.25, 0.3) is 31.3 Å². The Hall–Kier alpha value is -1.84. The third-order valence-corrected chi connectivity index (χ3v) is 6.69. The summed E-state index contributed by atoms with van der Waals surface area (Å²) in [6.07, 6.45) is 0. The van der Waals surface area contributed by atoms with Crippen molar-refractivity contribution in [1.29, 1.82) is 0 Å².